The van der Waals surface area contributed by atoms with Gasteiger partial charge in [0.15, 0.2) is 5.75 Å². The van der Waals surface area contributed by atoms with Crippen molar-refractivity contribution < 1.29 is 37.5 Å². The molecule has 0 unspecified atom stereocenters. The van der Waals surface area contributed by atoms with Crippen molar-refractivity contribution in [3.8, 4) is 5.75 Å². The second-order valence-corrected chi connectivity index (χ2v) is 11.2. The normalized spacial score (nSPS) is 11.8. The zero-order valence-corrected chi connectivity index (χ0v) is 23.4. The number of hydrogen-bond donors (Lipinski definition) is 5. The van der Waals surface area contributed by atoms with Crippen LogP contribution in [-0.2, 0) is 19.5 Å². The molecule has 0 heterocycles. The number of fused-ring (bicyclic) bond motifs is 1. The monoisotopic (exact) mass is 644 g/mol. The van der Waals surface area contributed by atoms with Gasteiger partial charge >= 0.3 is 0 Å². The minimum Gasteiger partial charge on any atom is -0.505 e. The number of amides is 1. The maximum atomic E-state index is 13.1. The molecular formula is C23H15Cl3N4O8S2. The van der Waals surface area contributed by atoms with Gasteiger partial charge in [-0.25, -0.2) is 5.26 Å². The van der Waals surface area contributed by atoms with Gasteiger partial charge in [0.25, 0.3) is 16.0 Å². The number of benzene rings is 4. The molecule has 0 aromatic heterocycles. The molecule has 0 atom stereocenters. The number of phenolic OH excluding ortho intramolecular Hbond substituents is 1. The van der Waals surface area contributed by atoms with Gasteiger partial charge in [-0.3, -0.25) is 9.35 Å². The van der Waals surface area contributed by atoms with Crippen LogP contribution >= 0.6 is 46.8 Å². The topological polar surface area (TPSA) is 193 Å². The summed E-state index contributed by atoms with van der Waals surface area (Å²) >= 11 is 18.8. The SMILES string of the molecule is Nc1ccc(N=Nc2c(S(=O)(=O)O)cc3cc(SOOO)cc(NC(=O)c4cccc(Cl)c4Cl)c3c2O)c(Cl)c1. The summed E-state index contributed by atoms with van der Waals surface area (Å²) in [4.78, 5) is 12.5. The van der Waals surface area contributed by atoms with Gasteiger partial charge in [0.2, 0.25) is 0 Å². The number of phenols is 1. The van der Waals surface area contributed by atoms with E-state index in [0.29, 0.717) is 17.7 Å². The quantitative estimate of drug-likeness (QED) is 0.0321. The van der Waals surface area contributed by atoms with E-state index in [0.717, 1.165) is 6.07 Å². The third-order valence-electron chi connectivity index (χ3n) is 5.24. The largest absolute Gasteiger partial charge is 0.505 e. The molecule has 0 aliphatic heterocycles. The highest BCUT2D eigenvalue weighted by molar-refractivity contribution is 7.94. The molecule has 0 radical (unpaired) electrons. The Labute approximate surface area is 245 Å². The van der Waals surface area contributed by atoms with E-state index in [2.05, 4.69) is 24.9 Å². The maximum absolute atomic E-state index is 13.1. The van der Waals surface area contributed by atoms with Crippen molar-refractivity contribution in [1.29, 1.82) is 0 Å². The third-order valence-corrected chi connectivity index (χ3v) is 7.78. The number of aromatic hydroxyl groups is 1. The summed E-state index contributed by atoms with van der Waals surface area (Å²) in [6, 6.07) is 12.2. The first-order valence-corrected chi connectivity index (χ1v) is 13.9. The summed E-state index contributed by atoms with van der Waals surface area (Å²) in [7, 11) is -4.98. The molecule has 4 aromatic carbocycles. The zero-order chi connectivity index (χ0) is 29.2. The summed E-state index contributed by atoms with van der Waals surface area (Å²) in [5.41, 5.74) is 5.33. The number of nitrogen functional groups attached to an aromatic ring is 1. The van der Waals surface area contributed by atoms with Crippen LogP contribution in [0.2, 0.25) is 15.1 Å². The minimum absolute atomic E-state index is 0.00590. The second-order valence-electron chi connectivity index (χ2n) is 7.81. The third kappa shape index (κ3) is 6.41. The number of halogens is 3. The highest BCUT2D eigenvalue weighted by atomic mass is 35.5. The molecule has 40 heavy (non-hydrogen) atoms. The molecular weight excluding hydrogens is 631 g/mol. The van der Waals surface area contributed by atoms with Gasteiger partial charge in [0, 0.05) is 16.0 Å². The van der Waals surface area contributed by atoms with Gasteiger partial charge < -0.3 is 16.2 Å². The molecule has 4 rings (SSSR count). The molecule has 17 heteroatoms. The van der Waals surface area contributed by atoms with E-state index < -0.39 is 32.4 Å². The first kappa shape index (κ1) is 29.8. The van der Waals surface area contributed by atoms with E-state index >= 15 is 0 Å². The first-order chi connectivity index (χ1) is 18.9. The van der Waals surface area contributed by atoms with Crippen molar-refractivity contribution in [3.05, 3.63) is 75.2 Å². The summed E-state index contributed by atoms with van der Waals surface area (Å²) in [6.45, 7) is 0. The first-order valence-electron chi connectivity index (χ1n) is 10.6. The Bertz CT molecular complexity index is 1790. The molecule has 4 aromatic rings. The van der Waals surface area contributed by atoms with Crippen LogP contribution in [0.15, 0.2) is 74.6 Å². The van der Waals surface area contributed by atoms with Crippen LogP contribution in [0.5, 0.6) is 5.75 Å². The number of hydrogen-bond acceptors (Lipinski definition) is 11. The number of carbonyl (C=O) groups is 1. The lowest BCUT2D eigenvalue weighted by molar-refractivity contribution is -0.432. The minimum atomic E-state index is -4.98. The van der Waals surface area contributed by atoms with Crippen molar-refractivity contribution in [2.24, 2.45) is 10.2 Å². The average Bonchev–Trinajstić information content (AvgIpc) is 2.88. The van der Waals surface area contributed by atoms with Crippen molar-refractivity contribution >= 4 is 96.4 Å². The van der Waals surface area contributed by atoms with Gasteiger partial charge in [0.05, 0.1) is 38.4 Å². The van der Waals surface area contributed by atoms with Crippen LogP contribution < -0.4 is 11.1 Å². The lowest BCUT2D eigenvalue weighted by Crippen LogP contribution is -2.13. The molecule has 0 fully saturated rings. The standard InChI is InChI=1S/C23H15Cl3N4O8S2/c24-14-3-1-2-13(20(14)26)23(32)28-17-9-12(39-38-37-33)6-10-7-18(40(34,35)36)21(22(31)19(10)17)30-29-16-5-4-11(27)8-15(16)25/h1-9,31,33H,27H2,(H,28,32)(H,34,35,36). The highest BCUT2D eigenvalue weighted by Gasteiger charge is 2.25. The predicted molar refractivity (Wildman–Crippen MR) is 151 cm³/mol. The lowest BCUT2D eigenvalue weighted by Gasteiger charge is -2.15. The Balaban J connectivity index is 1.95. The van der Waals surface area contributed by atoms with Gasteiger partial charge in [-0.05, 0) is 53.9 Å². The molecule has 0 saturated heterocycles. The van der Waals surface area contributed by atoms with Gasteiger partial charge in [-0.2, -0.15) is 8.42 Å². The van der Waals surface area contributed by atoms with E-state index in [9.17, 15) is 22.9 Å². The summed E-state index contributed by atoms with van der Waals surface area (Å²) in [5.74, 6) is -1.52. The number of rotatable bonds is 8. The fourth-order valence-electron chi connectivity index (χ4n) is 3.53. The Hall–Kier alpha value is -3.18. The fourth-order valence-corrected chi connectivity index (χ4v) is 5.25. The predicted octanol–water partition coefficient (Wildman–Crippen LogP) is 7.43. The van der Waals surface area contributed by atoms with E-state index in [4.69, 9.17) is 45.8 Å². The van der Waals surface area contributed by atoms with Crippen LogP contribution in [0, 0.1) is 0 Å². The molecule has 12 nitrogen and oxygen atoms in total. The van der Waals surface area contributed by atoms with Gasteiger partial charge in [-0.1, -0.05) is 45.9 Å². The van der Waals surface area contributed by atoms with E-state index in [-0.39, 0.29) is 47.7 Å². The molecule has 0 bridgehead atoms. The number of nitrogens with two attached hydrogens (primary N) is 1. The summed E-state index contributed by atoms with van der Waals surface area (Å²) in [5, 5.41) is 33.7. The number of anilines is 2. The number of carbonyl (C=O) groups excluding carboxylic acids is 1. The highest BCUT2D eigenvalue weighted by Crippen LogP contribution is 2.46. The molecule has 6 N–H and O–H groups in total. The average molecular weight is 646 g/mol. The van der Waals surface area contributed by atoms with Crippen molar-refractivity contribution in [3.63, 3.8) is 0 Å². The van der Waals surface area contributed by atoms with E-state index in [1.165, 1.54) is 48.5 Å². The van der Waals surface area contributed by atoms with E-state index in [1.54, 1.807) is 0 Å². The molecule has 0 spiro atoms. The Morgan fingerprint density at radius 2 is 1.77 bits per heavy atom. The van der Waals surface area contributed by atoms with E-state index in [1.807, 2.05) is 0 Å². The number of nitrogens with zero attached hydrogens (tertiary/aromatic N) is 2. The van der Waals surface area contributed by atoms with Gasteiger partial charge in [-0.15, -0.1) is 14.6 Å². The molecule has 0 saturated carbocycles. The van der Waals surface area contributed by atoms with Gasteiger partial charge in [0.1, 0.15) is 16.3 Å². The lowest BCUT2D eigenvalue weighted by atomic mass is 10.1. The fraction of sp³-hybridized carbons (Fsp3) is 0. The molecule has 208 valence electrons. The van der Waals surface area contributed by atoms with Crippen molar-refractivity contribution in [2.75, 3.05) is 11.1 Å². The van der Waals surface area contributed by atoms with Crippen LogP contribution in [0.1, 0.15) is 10.4 Å². The smallest absolute Gasteiger partial charge is 0.296 e. The van der Waals surface area contributed by atoms with Crippen LogP contribution in [0.25, 0.3) is 10.8 Å². The van der Waals surface area contributed by atoms with Crippen LogP contribution in [-0.4, -0.2) is 29.2 Å². The maximum Gasteiger partial charge on any atom is 0.296 e. The molecule has 0 aliphatic carbocycles. The van der Waals surface area contributed by atoms with Crippen molar-refractivity contribution in [2.45, 2.75) is 9.79 Å². The van der Waals surface area contributed by atoms with Crippen molar-refractivity contribution in [1.82, 2.24) is 0 Å². The second kappa shape index (κ2) is 12.1. The van der Waals surface area contributed by atoms with Crippen LogP contribution in [0.4, 0.5) is 22.7 Å². The summed E-state index contributed by atoms with van der Waals surface area (Å²) in [6.07, 6.45) is 0. The molecule has 0 aliphatic rings. The number of azo groups is 1. The Morgan fingerprint density at radius 3 is 2.45 bits per heavy atom. The summed E-state index contributed by atoms with van der Waals surface area (Å²) < 4.78 is 38.9. The van der Waals surface area contributed by atoms with Crippen LogP contribution in [0.3, 0.4) is 0 Å². The number of nitrogens with one attached hydrogen (secondary N) is 1. The molecule has 1 amide bonds. The Morgan fingerprint density at radius 1 is 1.02 bits per heavy atom. The Kier molecular flexibility index (Phi) is 9.04. The zero-order valence-electron chi connectivity index (χ0n) is 19.5.